The van der Waals surface area contributed by atoms with Crippen LogP contribution in [0.5, 0.6) is 5.75 Å². The average Bonchev–Trinajstić information content (AvgIpc) is 2.40. The van der Waals surface area contributed by atoms with Gasteiger partial charge < -0.3 is 10.5 Å². The maximum absolute atomic E-state index is 13.4. The second kappa shape index (κ2) is 5.75. The van der Waals surface area contributed by atoms with Gasteiger partial charge in [0.1, 0.15) is 23.2 Å². The van der Waals surface area contributed by atoms with E-state index in [4.69, 9.17) is 22.7 Å². The van der Waals surface area contributed by atoms with Crippen LogP contribution in [-0.4, -0.2) is 9.97 Å². The summed E-state index contributed by atoms with van der Waals surface area (Å²) >= 11 is 4.86. The molecule has 0 fully saturated rings. The first-order valence-electron chi connectivity index (χ1n) is 5.70. The number of aromatic nitrogens is 1. The molecule has 19 heavy (non-hydrogen) atoms. The quantitative estimate of drug-likeness (QED) is 0.872. The Hall–Kier alpha value is -2.01. The van der Waals surface area contributed by atoms with Gasteiger partial charge in [0.2, 0.25) is 0 Å². The van der Waals surface area contributed by atoms with Gasteiger partial charge in [0.15, 0.2) is 0 Å². The molecular weight excluding hydrogens is 263 g/mol. The van der Waals surface area contributed by atoms with Crippen LogP contribution in [0.15, 0.2) is 36.5 Å². The van der Waals surface area contributed by atoms with Crippen molar-refractivity contribution in [3.63, 3.8) is 0 Å². The monoisotopic (exact) mass is 276 g/mol. The van der Waals surface area contributed by atoms with Gasteiger partial charge in [-0.3, -0.25) is 4.98 Å². The molecule has 1 heterocycles. The normalized spacial score (nSPS) is 10.2. The highest BCUT2D eigenvalue weighted by molar-refractivity contribution is 7.80. The molecule has 1 aromatic carbocycles. The first kappa shape index (κ1) is 13.4. The molecule has 2 rings (SSSR count). The molecule has 0 saturated heterocycles. The summed E-state index contributed by atoms with van der Waals surface area (Å²) in [6.45, 7) is 2.01. The van der Waals surface area contributed by atoms with E-state index in [1.54, 1.807) is 37.4 Å². The summed E-state index contributed by atoms with van der Waals surface area (Å²) in [7, 11) is 0. The lowest BCUT2D eigenvalue weighted by Crippen LogP contribution is -2.12. The summed E-state index contributed by atoms with van der Waals surface area (Å²) in [4.78, 5) is 4.28. The van der Waals surface area contributed by atoms with Crippen molar-refractivity contribution in [2.75, 3.05) is 0 Å². The number of benzene rings is 1. The summed E-state index contributed by atoms with van der Waals surface area (Å²) in [6, 6.07) is 8.33. The standard InChI is InChI=1S/C14H13FN2OS/c1-9-2-3-11(7-12(9)15)18-8-10-4-5-17-13(6-10)14(16)19/h2-7H,8H2,1H3,(H2,16,19). The average molecular weight is 276 g/mol. The van der Waals surface area contributed by atoms with Crippen LogP contribution in [-0.2, 0) is 6.61 Å². The van der Waals surface area contributed by atoms with E-state index in [2.05, 4.69) is 4.98 Å². The SMILES string of the molecule is Cc1ccc(OCc2ccnc(C(N)=S)c2)cc1F. The predicted octanol–water partition coefficient (Wildman–Crippen LogP) is 2.74. The van der Waals surface area contributed by atoms with Crippen molar-refractivity contribution in [1.82, 2.24) is 4.98 Å². The number of hydrogen-bond acceptors (Lipinski definition) is 3. The first-order chi connectivity index (χ1) is 9.06. The zero-order valence-corrected chi connectivity index (χ0v) is 11.2. The lowest BCUT2D eigenvalue weighted by molar-refractivity contribution is 0.304. The van der Waals surface area contributed by atoms with Crippen LogP contribution < -0.4 is 10.5 Å². The van der Waals surface area contributed by atoms with E-state index in [1.165, 1.54) is 6.07 Å². The summed E-state index contributed by atoms with van der Waals surface area (Å²) < 4.78 is 18.9. The van der Waals surface area contributed by atoms with E-state index >= 15 is 0 Å². The van der Waals surface area contributed by atoms with Crippen molar-refractivity contribution in [1.29, 1.82) is 0 Å². The molecule has 0 aliphatic carbocycles. The van der Waals surface area contributed by atoms with Gasteiger partial charge in [-0.2, -0.15) is 0 Å². The maximum Gasteiger partial charge on any atom is 0.129 e. The molecule has 0 atom stereocenters. The molecule has 5 heteroatoms. The minimum atomic E-state index is -0.281. The molecule has 0 saturated carbocycles. The van der Waals surface area contributed by atoms with E-state index in [1.807, 2.05) is 0 Å². The second-order valence-electron chi connectivity index (χ2n) is 4.11. The molecule has 2 aromatic rings. The number of aryl methyl sites for hydroxylation is 1. The Balaban J connectivity index is 2.07. The Bertz CT molecular complexity index is 616. The van der Waals surface area contributed by atoms with E-state index in [-0.39, 0.29) is 10.8 Å². The number of pyridine rings is 1. The highest BCUT2D eigenvalue weighted by Gasteiger charge is 2.03. The van der Waals surface area contributed by atoms with Gasteiger partial charge in [-0.1, -0.05) is 18.3 Å². The number of halogens is 1. The molecule has 0 unspecified atom stereocenters. The van der Waals surface area contributed by atoms with Crippen LogP contribution in [0, 0.1) is 12.7 Å². The maximum atomic E-state index is 13.4. The molecule has 0 bridgehead atoms. The van der Waals surface area contributed by atoms with Gasteiger partial charge in [-0.05, 0) is 36.2 Å². The van der Waals surface area contributed by atoms with E-state index in [0.717, 1.165) is 5.56 Å². The van der Waals surface area contributed by atoms with Crippen molar-refractivity contribution < 1.29 is 9.13 Å². The van der Waals surface area contributed by atoms with Crippen molar-refractivity contribution in [3.05, 3.63) is 59.2 Å². The molecule has 0 aliphatic rings. The fourth-order valence-electron chi connectivity index (χ4n) is 1.53. The summed E-state index contributed by atoms with van der Waals surface area (Å²) in [6.07, 6.45) is 1.61. The lowest BCUT2D eigenvalue weighted by atomic mass is 10.2. The van der Waals surface area contributed by atoms with Crippen LogP contribution in [0.25, 0.3) is 0 Å². The number of rotatable bonds is 4. The molecule has 2 N–H and O–H groups in total. The van der Waals surface area contributed by atoms with Crippen LogP contribution in [0.4, 0.5) is 4.39 Å². The van der Waals surface area contributed by atoms with Gasteiger partial charge in [-0.25, -0.2) is 4.39 Å². The van der Waals surface area contributed by atoms with Crippen molar-refractivity contribution >= 4 is 17.2 Å². The highest BCUT2D eigenvalue weighted by atomic mass is 32.1. The van der Waals surface area contributed by atoms with Crippen LogP contribution in [0.1, 0.15) is 16.8 Å². The number of thiocarbonyl (C=S) groups is 1. The minimum absolute atomic E-state index is 0.239. The summed E-state index contributed by atoms with van der Waals surface area (Å²) in [5, 5.41) is 0. The fraction of sp³-hybridized carbons (Fsp3) is 0.143. The second-order valence-corrected chi connectivity index (χ2v) is 4.55. The van der Waals surface area contributed by atoms with Crippen molar-refractivity contribution in [3.8, 4) is 5.75 Å². The van der Waals surface area contributed by atoms with Gasteiger partial charge in [0.25, 0.3) is 0 Å². The topological polar surface area (TPSA) is 48.1 Å². The lowest BCUT2D eigenvalue weighted by Gasteiger charge is -2.08. The Morgan fingerprint density at radius 3 is 2.84 bits per heavy atom. The van der Waals surface area contributed by atoms with E-state index < -0.39 is 0 Å². The zero-order chi connectivity index (χ0) is 13.8. The third kappa shape index (κ3) is 3.48. The molecule has 98 valence electrons. The van der Waals surface area contributed by atoms with E-state index in [0.29, 0.717) is 23.6 Å². The van der Waals surface area contributed by atoms with Crippen LogP contribution in [0.2, 0.25) is 0 Å². The molecule has 1 aromatic heterocycles. The Labute approximate surface area is 116 Å². The number of nitrogens with zero attached hydrogens (tertiary/aromatic N) is 1. The molecule has 0 amide bonds. The van der Waals surface area contributed by atoms with Crippen LogP contribution in [0.3, 0.4) is 0 Å². The Morgan fingerprint density at radius 1 is 1.37 bits per heavy atom. The summed E-state index contributed by atoms with van der Waals surface area (Å²) in [5.74, 6) is 0.202. The molecule has 0 radical (unpaired) electrons. The zero-order valence-electron chi connectivity index (χ0n) is 10.4. The first-order valence-corrected chi connectivity index (χ1v) is 6.11. The van der Waals surface area contributed by atoms with Gasteiger partial charge in [0.05, 0.1) is 5.69 Å². The number of ether oxygens (including phenoxy) is 1. The summed E-state index contributed by atoms with van der Waals surface area (Å²) in [5.41, 5.74) is 7.52. The number of hydrogen-bond donors (Lipinski definition) is 1. The largest absolute Gasteiger partial charge is 0.489 e. The van der Waals surface area contributed by atoms with E-state index in [9.17, 15) is 4.39 Å². The minimum Gasteiger partial charge on any atom is -0.489 e. The Kier molecular flexibility index (Phi) is 4.06. The Morgan fingerprint density at radius 2 is 2.16 bits per heavy atom. The van der Waals surface area contributed by atoms with Gasteiger partial charge in [0, 0.05) is 12.3 Å². The highest BCUT2D eigenvalue weighted by Crippen LogP contribution is 2.17. The fourth-order valence-corrected chi connectivity index (χ4v) is 1.64. The van der Waals surface area contributed by atoms with Gasteiger partial charge >= 0.3 is 0 Å². The molecule has 0 aliphatic heterocycles. The molecule has 3 nitrogen and oxygen atoms in total. The van der Waals surface area contributed by atoms with Crippen LogP contribution >= 0.6 is 12.2 Å². The smallest absolute Gasteiger partial charge is 0.129 e. The van der Waals surface area contributed by atoms with Gasteiger partial charge in [-0.15, -0.1) is 0 Å². The van der Waals surface area contributed by atoms with Crippen molar-refractivity contribution in [2.24, 2.45) is 5.73 Å². The molecular formula is C14H13FN2OS. The molecule has 0 spiro atoms. The van der Waals surface area contributed by atoms with Crippen molar-refractivity contribution in [2.45, 2.75) is 13.5 Å². The third-order valence-corrected chi connectivity index (χ3v) is 2.83. The third-order valence-electron chi connectivity index (χ3n) is 2.63. The number of nitrogens with two attached hydrogens (primary N) is 1. The predicted molar refractivity (Wildman–Crippen MR) is 75.6 cm³/mol.